The first-order valence-corrected chi connectivity index (χ1v) is 10.7. The Hall–Kier alpha value is -1.84. The molecule has 0 saturated carbocycles. The third kappa shape index (κ3) is 3.73. The summed E-state index contributed by atoms with van der Waals surface area (Å²) in [4.78, 5) is -0.112. The Morgan fingerprint density at radius 3 is 2.40 bits per heavy atom. The summed E-state index contributed by atoms with van der Waals surface area (Å²) < 4.78 is 65.3. The number of hydrogen-bond acceptors (Lipinski definition) is 4. The second kappa shape index (κ2) is 6.47. The SMILES string of the molecule is O=S(=O)(Nc1ccc(Cl)c(N2CCCS2(=O)=O)c1)c1ccc(F)cc1. The van der Waals surface area contributed by atoms with Crippen LogP contribution in [0.4, 0.5) is 15.8 Å². The highest BCUT2D eigenvalue weighted by molar-refractivity contribution is 7.93. The molecule has 1 fully saturated rings. The fourth-order valence-electron chi connectivity index (χ4n) is 2.51. The van der Waals surface area contributed by atoms with Crippen LogP contribution in [0.5, 0.6) is 0 Å². The summed E-state index contributed by atoms with van der Waals surface area (Å²) in [6, 6.07) is 8.57. The second-order valence-electron chi connectivity index (χ2n) is 5.47. The van der Waals surface area contributed by atoms with Crippen LogP contribution in [-0.2, 0) is 20.0 Å². The molecule has 0 aliphatic carbocycles. The molecule has 6 nitrogen and oxygen atoms in total. The summed E-state index contributed by atoms with van der Waals surface area (Å²) in [6.45, 7) is 0.288. The quantitative estimate of drug-likeness (QED) is 0.849. The molecule has 3 rings (SSSR count). The van der Waals surface area contributed by atoms with Crippen LogP contribution >= 0.6 is 11.6 Å². The molecule has 0 radical (unpaired) electrons. The van der Waals surface area contributed by atoms with Crippen molar-refractivity contribution in [3.05, 3.63) is 53.3 Å². The summed E-state index contributed by atoms with van der Waals surface area (Å²) in [6.07, 6.45) is 0.476. The predicted molar refractivity (Wildman–Crippen MR) is 94.4 cm³/mol. The number of anilines is 2. The van der Waals surface area contributed by atoms with Crippen molar-refractivity contribution in [2.75, 3.05) is 21.3 Å². The average Bonchev–Trinajstić information content (AvgIpc) is 2.88. The Morgan fingerprint density at radius 2 is 1.80 bits per heavy atom. The van der Waals surface area contributed by atoms with Crippen molar-refractivity contribution < 1.29 is 21.2 Å². The minimum Gasteiger partial charge on any atom is -0.280 e. The summed E-state index contributed by atoms with van der Waals surface area (Å²) in [7, 11) is -7.39. The van der Waals surface area contributed by atoms with Crippen molar-refractivity contribution >= 4 is 43.0 Å². The van der Waals surface area contributed by atoms with Gasteiger partial charge in [0.1, 0.15) is 5.82 Å². The highest BCUT2D eigenvalue weighted by Crippen LogP contribution is 2.34. The number of rotatable bonds is 4. The van der Waals surface area contributed by atoms with E-state index < -0.39 is 25.9 Å². The van der Waals surface area contributed by atoms with Gasteiger partial charge in [-0.1, -0.05) is 11.6 Å². The molecule has 0 amide bonds. The number of hydrogen-bond donors (Lipinski definition) is 1. The van der Waals surface area contributed by atoms with E-state index in [9.17, 15) is 21.2 Å². The third-order valence-corrected chi connectivity index (χ3v) is 7.26. The molecule has 1 N–H and O–H groups in total. The molecule has 2 aromatic rings. The summed E-state index contributed by atoms with van der Waals surface area (Å²) in [5.41, 5.74) is 0.379. The zero-order chi connectivity index (χ0) is 18.2. The minimum absolute atomic E-state index is 0.0227. The van der Waals surface area contributed by atoms with Gasteiger partial charge in [0.15, 0.2) is 0 Å². The molecular weight excluding hydrogens is 391 g/mol. The first-order valence-electron chi connectivity index (χ1n) is 7.27. The van der Waals surface area contributed by atoms with Crippen molar-refractivity contribution in [3.8, 4) is 0 Å². The van der Waals surface area contributed by atoms with Crippen LogP contribution < -0.4 is 9.03 Å². The van der Waals surface area contributed by atoms with Gasteiger partial charge in [0, 0.05) is 6.54 Å². The topological polar surface area (TPSA) is 83.6 Å². The molecule has 1 saturated heterocycles. The zero-order valence-electron chi connectivity index (χ0n) is 12.8. The van der Waals surface area contributed by atoms with Crippen LogP contribution in [0.25, 0.3) is 0 Å². The molecule has 10 heteroatoms. The summed E-state index contributed by atoms with van der Waals surface area (Å²) in [5.74, 6) is -0.526. The lowest BCUT2D eigenvalue weighted by Gasteiger charge is -2.19. The van der Waals surface area contributed by atoms with E-state index in [2.05, 4.69) is 4.72 Å². The molecule has 1 aliphatic heterocycles. The fraction of sp³-hybridized carbons (Fsp3) is 0.200. The van der Waals surface area contributed by atoms with E-state index in [1.807, 2.05) is 0 Å². The highest BCUT2D eigenvalue weighted by Gasteiger charge is 2.30. The maximum absolute atomic E-state index is 13.0. The third-order valence-electron chi connectivity index (χ3n) is 3.69. The van der Waals surface area contributed by atoms with Crippen LogP contribution in [0, 0.1) is 5.82 Å². The lowest BCUT2D eigenvalue weighted by atomic mass is 10.3. The van der Waals surface area contributed by atoms with Gasteiger partial charge in [0.05, 0.1) is 27.0 Å². The smallest absolute Gasteiger partial charge is 0.261 e. The van der Waals surface area contributed by atoms with Crippen LogP contribution in [-0.4, -0.2) is 29.1 Å². The van der Waals surface area contributed by atoms with Crippen molar-refractivity contribution in [1.82, 2.24) is 0 Å². The zero-order valence-corrected chi connectivity index (χ0v) is 15.2. The van der Waals surface area contributed by atoms with Crippen molar-refractivity contribution in [1.29, 1.82) is 0 Å². The molecular formula is C15H14ClFN2O4S2. The molecule has 1 heterocycles. The molecule has 25 heavy (non-hydrogen) atoms. The highest BCUT2D eigenvalue weighted by atomic mass is 35.5. The predicted octanol–water partition coefficient (Wildman–Crippen LogP) is 2.82. The van der Waals surface area contributed by atoms with E-state index in [4.69, 9.17) is 11.6 Å². The van der Waals surface area contributed by atoms with E-state index in [0.717, 1.165) is 24.3 Å². The van der Waals surface area contributed by atoms with Gasteiger partial charge in [-0.3, -0.25) is 9.03 Å². The van der Waals surface area contributed by atoms with Crippen molar-refractivity contribution in [2.45, 2.75) is 11.3 Å². The molecule has 134 valence electrons. The Balaban J connectivity index is 1.94. The van der Waals surface area contributed by atoms with Gasteiger partial charge >= 0.3 is 0 Å². The Bertz CT molecular complexity index is 1010. The molecule has 0 aromatic heterocycles. The van der Waals surface area contributed by atoms with Crippen LogP contribution in [0.15, 0.2) is 47.4 Å². The number of nitrogens with one attached hydrogen (secondary N) is 1. The molecule has 0 spiro atoms. The second-order valence-corrected chi connectivity index (χ2v) is 9.57. The van der Waals surface area contributed by atoms with Crippen molar-refractivity contribution in [2.24, 2.45) is 0 Å². The van der Waals surface area contributed by atoms with Gasteiger partial charge in [-0.15, -0.1) is 0 Å². The normalized spacial score (nSPS) is 16.8. The van der Waals surface area contributed by atoms with Crippen LogP contribution in [0.1, 0.15) is 6.42 Å². The van der Waals surface area contributed by atoms with Crippen LogP contribution in [0.2, 0.25) is 5.02 Å². The largest absolute Gasteiger partial charge is 0.280 e. The molecule has 1 aliphatic rings. The maximum Gasteiger partial charge on any atom is 0.261 e. The minimum atomic E-state index is -3.94. The Morgan fingerprint density at radius 1 is 1.12 bits per heavy atom. The van der Waals surface area contributed by atoms with Gasteiger partial charge in [-0.2, -0.15) is 0 Å². The lowest BCUT2D eigenvalue weighted by Crippen LogP contribution is -2.25. The number of benzene rings is 2. The van der Waals surface area contributed by atoms with Crippen LogP contribution in [0.3, 0.4) is 0 Å². The number of halogens is 2. The fourth-order valence-corrected chi connectivity index (χ4v) is 5.40. The summed E-state index contributed by atoms with van der Waals surface area (Å²) >= 11 is 6.08. The average molecular weight is 405 g/mol. The van der Waals surface area contributed by atoms with E-state index in [1.165, 1.54) is 22.5 Å². The van der Waals surface area contributed by atoms with E-state index in [-0.39, 0.29) is 33.6 Å². The number of sulfonamides is 2. The molecule has 2 aromatic carbocycles. The van der Waals surface area contributed by atoms with E-state index >= 15 is 0 Å². The Kier molecular flexibility index (Phi) is 4.65. The molecule has 0 unspecified atom stereocenters. The first-order chi connectivity index (χ1) is 11.7. The maximum atomic E-state index is 13.0. The monoisotopic (exact) mass is 404 g/mol. The van der Waals surface area contributed by atoms with Gasteiger partial charge in [-0.05, 0) is 48.9 Å². The Labute approximate surface area is 150 Å². The van der Waals surface area contributed by atoms with Gasteiger partial charge in [-0.25, -0.2) is 21.2 Å². The molecule has 0 atom stereocenters. The lowest BCUT2D eigenvalue weighted by molar-refractivity contribution is 0.598. The standard InChI is InChI=1S/C15H14ClFN2O4S2/c16-14-7-4-12(10-15(14)19-8-1-9-24(19,20)21)18-25(22,23)13-5-2-11(17)3-6-13/h2-7,10,18H,1,8-9H2. The summed E-state index contributed by atoms with van der Waals surface area (Å²) in [5, 5.41) is 0.204. The van der Waals surface area contributed by atoms with Gasteiger partial charge < -0.3 is 0 Å². The van der Waals surface area contributed by atoms with Gasteiger partial charge in [0.2, 0.25) is 10.0 Å². The van der Waals surface area contributed by atoms with Gasteiger partial charge in [0.25, 0.3) is 10.0 Å². The number of nitrogens with zero attached hydrogens (tertiary/aromatic N) is 1. The van der Waals surface area contributed by atoms with E-state index in [0.29, 0.717) is 6.42 Å². The first kappa shape index (κ1) is 18.0. The van der Waals surface area contributed by atoms with E-state index in [1.54, 1.807) is 0 Å². The van der Waals surface area contributed by atoms with Crippen molar-refractivity contribution in [3.63, 3.8) is 0 Å². The molecule has 0 bridgehead atoms.